The number of aliphatic hydroxyl groups is 4. The summed E-state index contributed by atoms with van der Waals surface area (Å²) in [5.41, 5.74) is 6.51. The van der Waals surface area contributed by atoms with Gasteiger partial charge in [-0.15, -0.1) is 0 Å². The normalized spacial score (nSPS) is 25.3. The van der Waals surface area contributed by atoms with Crippen LogP contribution in [0.5, 0.6) is 5.75 Å². The van der Waals surface area contributed by atoms with E-state index in [2.05, 4.69) is 38.8 Å². The maximum absolute atomic E-state index is 14.8. The second-order valence-corrected chi connectivity index (χ2v) is 23.6. The van der Waals surface area contributed by atoms with Crippen molar-refractivity contribution in [2.75, 3.05) is 46.9 Å². The molecule has 4 aromatic carbocycles. The van der Waals surface area contributed by atoms with Crippen molar-refractivity contribution < 1.29 is 58.7 Å². The molecule has 12 atom stereocenters. The molecule has 0 bridgehead atoms. The number of amides is 7. The molecule has 21 heteroatoms. The van der Waals surface area contributed by atoms with E-state index in [-0.39, 0.29) is 56.8 Å². The van der Waals surface area contributed by atoms with Crippen molar-refractivity contribution in [3.05, 3.63) is 113 Å². The Bertz CT molecular complexity index is 2960. The third-order valence-corrected chi connectivity index (χ3v) is 16.5. The van der Waals surface area contributed by atoms with Gasteiger partial charge in [0.15, 0.2) is 0 Å². The van der Waals surface area contributed by atoms with Gasteiger partial charge in [-0.05, 0) is 123 Å². The Balaban J connectivity index is 1.19. The number of aryl methyl sites for hydroxylation is 2. The number of unbranched alkanes of at least 4 members (excludes halogenated alkanes) is 2. The second kappa shape index (κ2) is 30.9. The van der Waals surface area contributed by atoms with Gasteiger partial charge >= 0.3 is 0 Å². The van der Waals surface area contributed by atoms with Crippen LogP contribution in [0.4, 0.5) is 0 Å². The number of likely N-dealkylation sites (N-methyl/N-ethyl adjacent to an activating group) is 1. The van der Waals surface area contributed by atoms with Crippen molar-refractivity contribution in [3.8, 4) is 28.0 Å². The van der Waals surface area contributed by atoms with Crippen LogP contribution in [-0.4, -0.2) is 190 Å². The number of ether oxygens (including phenoxy) is 1. The molecule has 0 aliphatic carbocycles. The van der Waals surface area contributed by atoms with Crippen LogP contribution in [-0.2, 0) is 41.6 Å². The summed E-state index contributed by atoms with van der Waals surface area (Å²) >= 11 is 0. The van der Waals surface area contributed by atoms with Crippen molar-refractivity contribution in [2.24, 2.45) is 5.92 Å². The zero-order valence-corrected chi connectivity index (χ0v) is 50.9. The molecule has 7 rings (SSSR count). The summed E-state index contributed by atoms with van der Waals surface area (Å²) in [6.45, 7) is 11.8. The first-order valence-electron chi connectivity index (χ1n) is 30.3. The molecular weight excluding hydrogens is 1100 g/mol. The van der Waals surface area contributed by atoms with E-state index >= 15 is 0 Å². The Morgan fingerprint density at radius 3 is 1.90 bits per heavy atom. The number of fused-ring (bicyclic) bond motifs is 2. The van der Waals surface area contributed by atoms with Gasteiger partial charge in [0, 0.05) is 51.0 Å². The van der Waals surface area contributed by atoms with Gasteiger partial charge in [0.2, 0.25) is 35.4 Å². The van der Waals surface area contributed by atoms with Crippen LogP contribution in [0.2, 0.25) is 0 Å². The first kappa shape index (κ1) is 66.3. The molecule has 10 N–H and O–H groups in total. The van der Waals surface area contributed by atoms with Crippen LogP contribution in [0.1, 0.15) is 107 Å². The summed E-state index contributed by atoms with van der Waals surface area (Å²) in [5, 5.41) is 63.1. The molecule has 3 fully saturated rings. The topological polar surface area (TPSA) is 292 Å². The number of hydrogen-bond acceptors (Lipinski definition) is 14. The molecule has 21 nitrogen and oxygen atoms in total. The lowest BCUT2D eigenvalue weighted by molar-refractivity contribution is -0.145. The van der Waals surface area contributed by atoms with Crippen molar-refractivity contribution in [1.29, 1.82) is 0 Å². The molecule has 12 unspecified atom stereocenters. The van der Waals surface area contributed by atoms with E-state index in [1.807, 2.05) is 100 Å². The summed E-state index contributed by atoms with van der Waals surface area (Å²) < 4.78 is 5.89. The second-order valence-electron chi connectivity index (χ2n) is 23.6. The molecule has 466 valence electrons. The molecule has 3 aliphatic heterocycles. The summed E-state index contributed by atoms with van der Waals surface area (Å²) in [4.78, 5) is 106. The number of carbonyl (C=O) groups is 7. The van der Waals surface area contributed by atoms with Gasteiger partial charge < -0.3 is 66.4 Å². The number of nitrogens with zero attached hydrogens (tertiary/aromatic N) is 3. The highest BCUT2D eigenvalue weighted by Crippen LogP contribution is 2.29. The Morgan fingerprint density at radius 2 is 1.30 bits per heavy atom. The van der Waals surface area contributed by atoms with Gasteiger partial charge in [-0.1, -0.05) is 107 Å². The molecule has 3 heterocycles. The van der Waals surface area contributed by atoms with E-state index in [0.29, 0.717) is 18.7 Å². The summed E-state index contributed by atoms with van der Waals surface area (Å²) in [7, 11) is 3.66. The summed E-state index contributed by atoms with van der Waals surface area (Å²) in [6, 6.07) is 19.2. The fourth-order valence-electron chi connectivity index (χ4n) is 11.5. The van der Waals surface area contributed by atoms with Crippen LogP contribution < -0.4 is 36.6 Å². The molecule has 7 amide bonds. The minimum atomic E-state index is -1.79. The third-order valence-electron chi connectivity index (χ3n) is 16.5. The SMILES string of the molecule is CCCCCOc1ccc(-c2ccc(-c3ccc(C(=O)NC4CC(O)C(NCCN(C)C)NC(=O)C5CC(C)CN5C(=O)C(C(C)O)NC(=O)C(C(O)Cc5ccc(CC)c(C)c5)NC(=O)C5CC(O)CN5C(=O)C(CC)NC4=O)cc3)cc2)cc1. The van der Waals surface area contributed by atoms with Crippen molar-refractivity contribution >= 4 is 41.4 Å². The van der Waals surface area contributed by atoms with Crippen LogP contribution >= 0.6 is 0 Å². The predicted octanol–water partition coefficient (Wildman–Crippen LogP) is 2.96. The maximum Gasteiger partial charge on any atom is 0.251 e. The lowest BCUT2D eigenvalue weighted by Crippen LogP contribution is -2.63. The smallest absolute Gasteiger partial charge is 0.251 e. The molecule has 3 saturated heterocycles. The molecule has 86 heavy (non-hydrogen) atoms. The number of benzene rings is 4. The van der Waals surface area contributed by atoms with Crippen molar-refractivity contribution in [1.82, 2.24) is 46.6 Å². The first-order chi connectivity index (χ1) is 41.1. The van der Waals surface area contributed by atoms with E-state index in [9.17, 15) is 54.0 Å². The zero-order chi connectivity index (χ0) is 62.4. The minimum Gasteiger partial charge on any atom is -0.494 e. The van der Waals surface area contributed by atoms with Gasteiger partial charge in [-0.3, -0.25) is 38.9 Å². The molecule has 0 saturated carbocycles. The van der Waals surface area contributed by atoms with Gasteiger partial charge in [0.05, 0.1) is 31.0 Å². The van der Waals surface area contributed by atoms with E-state index in [1.165, 1.54) is 11.8 Å². The number of carbonyl (C=O) groups excluding carboxylic acids is 7. The van der Waals surface area contributed by atoms with Crippen LogP contribution in [0.25, 0.3) is 22.3 Å². The van der Waals surface area contributed by atoms with Crippen LogP contribution in [0.3, 0.4) is 0 Å². The minimum absolute atomic E-state index is 0.0337. The summed E-state index contributed by atoms with van der Waals surface area (Å²) in [6.07, 6.45) is -4.15. The lowest BCUT2D eigenvalue weighted by Gasteiger charge is -2.33. The number of nitrogens with one attached hydrogen (secondary N) is 6. The van der Waals surface area contributed by atoms with Crippen molar-refractivity contribution in [2.45, 2.75) is 166 Å². The third kappa shape index (κ3) is 17.2. The molecule has 0 radical (unpaired) electrons. The lowest BCUT2D eigenvalue weighted by atomic mass is 9.96. The Kier molecular flexibility index (Phi) is 23.8. The van der Waals surface area contributed by atoms with E-state index in [1.54, 1.807) is 37.3 Å². The quantitative estimate of drug-likeness (QED) is 0.0605. The fourth-order valence-corrected chi connectivity index (χ4v) is 11.5. The standard InChI is InChI=1S/C65H89N9O12/c1-9-12-13-30-86-49-26-24-46(25-27-49)44-18-16-43(17-19-44)45-20-22-47(23-21-45)59(79)68-51-35-55(78)58(66-28-29-72(7)8)71-62(82)52-31-38(4)36-73(52)65(85)56(40(6)75)69-63(83)57(54(77)33-41-14-15-42(10-2)39(5)32-41)70-61(81)53-34-48(76)37-74(53)64(84)50(11-3)67-60(51)80/h14-27,32,38,40,48,50-58,66,75-78H,9-13,28-31,33-37H2,1-8H3,(H,67,80)(H,68,79)(H,69,83)(H,70,81)(H,71,82). The van der Waals surface area contributed by atoms with Gasteiger partial charge in [-0.2, -0.15) is 0 Å². The average Bonchev–Trinajstić information content (AvgIpc) is 2.38. The largest absolute Gasteiger partial charge is 0.494 e. The number of aliphatic hydroxyl groups excluding tert-OH is 4. The molecule has 4 aromatic rings. The Labute approximate surface area is 505 Å². The van der Waals surface area contributed by atoms with Crippen LogP contribution in [0.15, 0.2) is 91.0 Å². The molecular formula is C65H89N9O12. The summed E-state index contributed by atoms with van der Waals surface area (Å²) in [5.74, 6) is -5.32. The number of hydrogen-bond donors (Lipinski definition) is 10. The number of rotatable bonds is 19. The molecule has 3 aliphatic rings. The zero-order valence-electron chi connectivity index (χ0n) is 50.9. The predicted molar refractivity (Wildman–Crippen MR) is 326 cm³/mol. The monoisotopic (exact) mass is 1190 g/mol. The average molecular weight is 1190 g/mol. The first-order valence-corrected chi connectivity index (χ1v) is 30.3. The van der Waals surface area contributed by atoms with Crippen LogP contribution in [0, 0.1) is 12.8 Å². The molecule has 0 spiro atoms. The fraction of sp³-hybridized carbons (Fsp3) is 0.523. The van der Waals surface area contributed by atoms with Gasteiger partial charge in [-0.25, -0.2) is 0 Å². The highest BCUT2D eigenvalue weighted by atomic mass is 16.5. The van der Waals surface area contributed by atoms with E-state index < -0.39 is 115 Å². The van der Waals surface area contributed by atoms with E-state index in [0.717, 1.165) is 69.7 Å². The highest BCUT2D eigenvalue weighted by molar-refractivity contribution is 6.00. The van der Waals surface area contributed by atoms with Crippen molar-refractivity contribution in [3.63, 3.8) is 0 Å². The Hall–Kier alpha value is -7.27. The molecule has 0 aromatic heterocycles. The Morgan fingerprint density at radius 1 is 0.709 bits per heavy atom. The highest BCUT2D eigenvalue weighted by Gasteiger charge is 2.46. The van der Waals surface area contributed by atoms with E-state index in [4.69, 9.17) is 4.74 Å². The van der Waals surface area contributed by atoms with Gasteiger partial charge in [0.25, 0.3) is 5.91 Å². The van der Waals surface area contributed by atoms with Gasteiger partial charge in [0.1, 0.15) is 48.2 Å². The maximum atomic E-state index is 14.8.